The maximum atomic E-state index is 9.60. The number of aromatic nitrogens is 4. The summed E-state index contributed by atoms with van der Waals surface area (Å²) < 4.78 is 13.0. The van der Waals surface area contributed by atoms with E-state index in [-0.39, 0.29) is 6.61 Å². The van der Waals surface area contributed by atoms with Crippen LogP contribution in [-0.4, -0.2) is 71.4 Å². The zero-order valence-electron chi connectivity index (χ0n) is 23.1. The summed E-state index contributed by atoms with van der Waals surface area (Å²) in [4.78, 5) is 11.4. The Morgan fingerprint density at radius 1 is 1.21 bits per heavy atom. The quantitative estimate of drug-likeness (QED) is 0.366. The van der Waals surface area contributed by atoms with Crippen LogP contribution >= 0.6 is 0 Å². The molecule has 0 amide bonds. The molecule has 1 atom stereocenters. The zero-order valence-corrected chi connectivity index (χ0v) is 23.1. The number of hydrogen-bond acceptors (Lipinski definition) is 9. The molecule has 3 aromatic rings. The summed E-state index contributed by atoms with van der Waals surface area (Å²) in [6, 6.07) is 4.19. The van der Waals surface area contributed by atoms with Crippen molar-refractivity contribution in [2.75, 3.05) is 56.8 Å². The predicted octanol–water partition coefficient (Wildman–Crippen LogP) is 3.34. The van der Waals surface area contributed by atoms with Crippen LogP contribution in [0.25, 0.3) is 11.0 Å². The van der Waals surface area contributed by atoms with Crippen LogP contribution in [0, 0.1) is 5.92 Å². The Morgan fingerprint density at radius 3 is 2.71 bits per heavy atom. The Hall–Kier alpha value is -2.95. The standard InChI is InChI=1S/C23H33N7O2.C5H10O/c1-3-4-9-29(10-11-31)22-20-19(26-23(25-2)27-22)15-30(28-20)14-17-8-7-16(13-24)18-6-5-12-32-21(17)18;1-5-2-3-6-4-5/h7-8,15,31H,3-6,9-14,24H2,1-2H3,(H,25,26);5H,2-4H2,1H3/t;5-/m.0/s1. The van der Waals surface area contributed by atoms with Crippen LogP contribution in [0.4, 0.5) is 11.8 Å². The summed E-state index contributed by atoms with van der Waals surface area (Å²) in [5.74, 6) is 3.06. The van der Waals surface area contributed by atoms with E-state index < -0.39 is 0 Å². The molecule has 10 heteroatoms. The average Bonchev–Trinajstić information content (AvgIpc) is 3.59. The van der Waals surface area contributed by atoms with Gasteiger partial charge in [0, 0.05) is 45.5 Å². The van der Waals surface area contributed by atoms with Gasteiger partial charge in [-0.2, -0.15) is 10.1 Å². The molecule has 2 aliphatic rings. The molecular weight excluding hydrogens is 482 g/mol. The molecule has 208 valence electrons. The van der Waals surface area contributed by atoms with Gasteiger partial charge in [0.15, 0.2) is 11.3 Å². The van der Waals surface area contributed by atoms with Crippen LogP contribution in [0.3, 0.4) is 0 Å². The molecule has 0 unspecified atom stereocenters. The molecule has 10 nitrogen and oxygen atoms in total. The summed E-state index contributed by atoms with van der Waals surface area (Å²) in [7, 11) is 1.81. The number of rotatable bonds is 10. The molecule has 0 spiro atoms. The van der Waals surface area contributed by atoms with Crippen molar-refractivity contribution in [1.82, 2.24) is 19.7 Å². The predicted molar refractivity (Wildman–Crippen MR) is 151 cm³/mol. The van der Waals surface area contributed by atoms with Gasteiger partial charge < -0.3 is 30.5 Å². The smallest absolute Gasteiger partial charge is 0.225 e. The van der Waals surface area contributed by atoms with Gasteiger partial charge >= 0.3 is 0 Å². The van der Waals surface area contributed by atoms with Crippen LogP contribution in [0.1, 0.15) is 56.2 Å². The molecule has 0 bridgehead atoms. The fourth-order valence-corrected chi connectivity index (χ4v) is 4.89. The van der Waals surface area contributed by atoms with Gasteiger partial charge in [0.2, 0.25) is 5.95 Å². The van der Waals surface area contributed by atoms with Crippen molar-refractivity contribution in [2.45, 2.75) is 59.0 Å². The largest absolute Gasteiger partial charge is 0.493 e. The van der Waals surface area contributed by atoms with E-state index in [0.717, 1.165) is 91.7 Å². The number of aliphatic hydroxyl groups is 1. The third-order valence-electron chi connectivity index (χ3n) is 7.03. The highest BCUT2D eigenvalue weighted by Crippen LogP contribution is 2.33. The molecule has 38 heavy (non-hydrogen) atoms. The molecule has 0 aliphatic carbocycles. The normalized spacial score (nSPS) is 16.5. The Bertz CT molecular complexity index is 1180. The van der Waals surface area contributed by atoms with Gasteiger partial charge in [0.25, 0.3) is 0 Å². The van der Waals surface area contributed by atoms with E-state index in [1.165, 1.54) is 12.0 Å². The van der Waals surface area contributed by atoms with Crippen LogP contribution < -0.4 is 20.7 Å². The molecule has 1 aromatic carbocycles. The second kappa shape index (κ2) is 13.7. The summed E-state index contributed by atoms with van der Waals surface area (Å²) in [5.41, 5.74) is 10.9. The number of nitrogens with two attached hydrogens (primary N) is 1. The van der Waals surface area contributed by atoms with Gasteiger partial charge in [-0.1, -0.05) is 32.4 Å². The lowest BCUT2D eigenvalue weighted by molar-refractivity contribution is 0.188. The Morgan fingerprint density at radius 2 is 2.05 bits per heavy atom. The van der Waals surface area contributed by atoms with E-state index in [4.69, 9.17) is 20.3 Å². The minimum Gasteiger partial charge on any atom is -0.493 e. The highest BCUT2D eigenvalue weighted by Gasteiger charge is 2.21. The SMILES string of the molecule is CCCCN(CCO)c1nc(NC)nc2cn(Cc3ccc(CN)c4c3OCCC4)nc12.C[C@H]1CCOC1. The van der Waals surface area contributed by atoms with Gasteiger partial charge in [-0.05, 0) is 42.7 Å². The van der Waals surface area contributed by atoms with E-state index in [0.29, 0.717) is 25.6 Å². The number of nitrogens with zero attached hydrogens (tertiary/aromatic N) is 5. The molecule has 2 aromatic heterocycles. The topological polar surface area (TPSA) is 124 Å². The minimum absolute atomic E-state index is 0.0573. The second-order valence-electron chi connectivity index (χ2n) is 10.1. The minimum atomic E-state index is 0.0573. The van der Waals surface area contributed by atoms with Crippen molar-refractivity contribution in [3.05, 3.63) is 35.0 Å². The number of fused-ring (bicyclic) bond motifs is 2. The summed E-state index contributed by atoms with van der Waals surface area (Å²) in [6.45, 7) is 9.53. The van der Waals surface area contributed by atoms with Crippen molar-refractivity contribution >= 4 is 22.8 Å². The van der Waals surface area contributed by atoms with E-state index >= 15 is 0 Å². The number of aliphatic hydroxyl groups excluding tert-OH is 1. The van der Waals surface area contributed by atoms with Gasteiger partial charge in [-0.25, -0.2) is 4.98 Å². The molecule has 0 saturated carbocycles. The summed E-state index contributed by atoms with van der Waals surface area (Å²) in [5, 5.41) is 17.5. The van der Waals surface area contributed by atoms with Crippen LogP contribution in [0.5, 0.6) is 5.75 Å². The van der Waals surface area contributed by atoms with Crippen LogP contribution in [-0.2, 0) is 24.2 Å². The number of nitrogens with one attached hydrogen (secondary N) is 1. The molecule has 5 rings (SSSR count). The summed E-state index contributed by atoms with van der Waals surface area (Å²) >= 11 is 0. The number of hydrogen-bond donors (Lipinski definition) is 3. The molecule has 0 radical (unpaired) electrons. The third-order valence-corrected chi connectivity index (χ3v) is 7.03. The lowest BCUT2D eigenvalue weighted by atomic mass is 9.96. The number of anilines is 2. The number of ether oxygens (including phenoxy) is 2. The molecular formula is C28H43N7O3. The fourth-order valence-electron chi connectivity index (χ4n) is 4.89. The van der Waals surface area contributed by atoms with Gasteiger partial charge in [-0.15, -0.1) is 0 Å². The van der Waals surface area contributed by atoms with Crippen molar-refractivity contribution in [1.29, 1.82) is 0 Å². The van der Waals surface area contributed by atoms with Crippen LogP contribution in [0.15, 0.2) is 18.3 Å². The van der Waals surface area contributed by atoms with Gasteiger partial charge in [0.05, 0.1) is 26.0 Å². The van der Waals surface area contributed by atoms with Crippen molar-refractivity contribution in [2.24, 2.45) is 11.7 Å². The highest BCUT2D eigenvalue weighted by atomic mass is 16.5. The van der Waals surface area contributed by atoms with Gasteiger partial charge in [0.1, 0.15) is 11.3 Å². The summed E-state index contributed by atoms with van der Waals surface area (Å²) in [6.07, 6.45) is 7.29. The highest BCUT2D eigenvalue weighted by molar-refractivity contribution is 5.86. The first-order valence-electron chi connectivity index (χ1n) is 13.9. The molecule has 2 aliphatic heterocycles. The van der Waals surface area contributed by atoms with Gasteiger partial charge in [-0.3, -0.25) is 4.68 Å². The van der Waals surface area contributed by atoms with E-state index in [9.17, 15) is 5.11 Å². The van der Waals surface area contributed by atoms with Crippen LogP contribution in [0.2, 0.25) is 0 Å². The van der Waals surface area contributed by atoms with E-state index in [1.807, 2.05) is 10.9 Å². The van der Waals surface area contributed by atoms with E-state index in [2.05, 4.69) is 46.2 Å². The van der Waals surface area contributed by atoms with Crippen molar-refractivity contribution < 1.29 is 14.6 Å². The first kappa shape index (κ1) is 28.1. The van der Waals surface area contributed by atoms with Crippen molar-refractivity contribution in [3.8, 4) is 5.75 Å². The molecule has 4 heterocycles. The third kappa shape index (κ3) is 6.73. The lowest BCUT2D eigenvalue weighted by Gasteiger charge is -2.23. The maximum Gasteiger partial charge on any atom is 0.225 e. The fraction of sp³-hybridized carbons (Fsp3) is 0.607. The molecule has 1 fully saturated rings. The van der Waals surface area contributed by atoms with E-state index in [1.54, 1.807) is 7.05 Å². The average molecular weight is 526 g/mol. The number of unbranched alkanes of at least 4 members (excludes halogenated alkanes) is 1. The molecule has 1 saturated heterocycles. The monoisotopic (exact) mass is 525 g/mol. The Kier molecular flexibility index (Phi) is 10.1. The maximum absolute atomic E-state index is 9.60. The Balaban J connectivity index is 0.000000494. The van der Waals surface area contributed by atoms with Crippen molar-refractivity contribution in [3.63, 3.8) is 0 Å². The Labute approximate surface area is 225 Å². The second-order valence-corrected chi connectivity index (χ2v) is 10.1. The first-order chi connectivity index (χ1) is 18.6. The first-order valence-corrected chi connectivity index (χ1v) is 13.9. The lowest BCUT2D eigenvalue weighted by Crippen LogP contribution is -2.29. The zero-order chi connectivity index (χ0) is 26.9. The number of benzene rings is 1. The molecule has 4 N–H and O–H groups in total.